The number of guanidine groups is 1. The van der Waals surface area contributed by atoms with Gasteiger partial charge in [-0.2, -0.15) is 0 Å². The highest BCUT2D eigenvalue weighted by Gasteiger charge is 2.25. The van der Waals surface area contributed by atoms with E-state index in [1.54, 1.807) is 19.4 Å². The topological polar surface area (TPSA) is 82.3 Å². The van der Waals surface area contributed by atoms with E-state index in [1.807, 2.05) is 31.2 Å². The third kappa shape index (κ3) is 4.98. The lowest BCUT2D eigenvalue weighted by molar-refractivity contribution is 0.215. The molecule has 7 heteroatoms. The van der Waals surface area contributed by atoms with Gasteiger partial charge in [0.2, 0.25) is 0 Å². The van der Waals surface area contributed by atoms with Crippen LogP contribution in [0.5, 0.6) is 11.5 Å². The van der Waals surface area contributed by atoms with E-state index in [2.05, 4.69) is 20.5 Å². The molecule has 1 aromatic carbocycles. The fraction of sp³-hybridized carbons (Fsp3) is 0.476. The second kappa shape index (κ2) is 10.0. The molecule has 1 aliphatic heterocycles. The fourth-order valence-electron chi connectivity index (χ4n) is 3.50. The summed E-state index contributed by atoms with van der Waals surface area (Å²) < 4.78 is 10.9. The smallest absolute Gasteiger partial charge is 0.191 e. The second-order valence-corrected chi connectivity index (χ2v) is 6.82. The zero-order valence-electron chi connectivity index (χ0n) is 16.6. The van der Waals surface area contributed by atoms with Gasteiger partial charge in [0, 0.05) is 18.7 Å². The van der Waals surface area contributed by atoms with Crippen LogP contribution in [0.15, 0.2) is 46.0 Å². The molecule has 3 N–H and O–H groups in total. The van der Waals surface area contributed by atoms with Gasteiger partial charge in [-0.1, -0.05) is 12.1 Å². The Bertz CT molecular complexity index is 755. The van der Waals surface area contributed by atoms with Crippen molar-refractivity contribution >= 4 is 5.96 Å². The summed E-state index contributed by atoms with van der Waals surface area (Å²) in [7, 11) is 1.54. The number of methoxy groups -OCH3 is 1. The molecule has 1 atom stereocenters. The van der Waals surface area contributed by atoms with Gasteiger partial charge >= 0.3 is 0 Å². The summed E-state index contributed by atoms with van der Waals surface area (Å²) in [6.45, 7) is 6.00. The predicted molar refractivity (Wildman–Crippen MR) is 110 cm³/mol. The SMILES string of the molecule is CCNC(=NCc1cccc(OC)c1O)NCC(c1ccco1)N1CCCC1. The van der Waals surface area contributed by atoms with Crippen molar-refractivity contribution < 1.29 is 14.3 Å². The lowest BCUT2D eigenvalue weighted by Crippen LogP contribution is -2.42. The molecule has 1 unspecified atom stereocenters. The molecular weight excluding hydrogens is 356 g/mol. The van der Waals surface area contributed by atoms with Crippen LogP contribution in [0.4, 0.5) is 0 Å². The maximum absolute atomic E-state index is 10.3. The van der Waals surface area contributed by atoms with Crippen LogP contribution in [0.1, 0.15) is 37.1 Å². The van der Waals surface area contributed by atoms with Crippen molar-refractivity contribution in [3.63, 3.8) is 0 Å². The van der Waals surface area contributed by atoms with Crippen molar-refractivity contribution in [2.75, 3.05) is 33.3 Å². The summed E-state index contributed by atoms with van der Waals surface area (Å²) in [5.41, 5.74) is 0.721. The van der Waals surface area contributed by atoms with E-state index in [-0.39, 0.29) is 11.8 Å². The monoisotopic (exact) mass is 386 g/mol. The first kappa shape index (κ1) is 20.1. The Balaban J connectivity index is 1.68. The molecule has 2 heterocycles. The quantitative estimate of drug-likeness (QED) is 0.478. The van der Waals surface area contributed by atoms with Gasteiger partial charge in [0.25, 0.3) is 0 Å². The van der Waals surface area contributed by atoms with E-state index in [1.165, 1.54) is 12.8 Å². The Morgan fingerprint density at radius 2 is 2.07 bits per heavy atom. The van der Waals surface area contributed by atoms with Crippen LogP contribution < -0.4 is 15.4 Å². The van der Waals surface area contributed by atoms with Gasteiger partial charge < -0.3 is 24.9 Å². The van der Waals surface area contributed by atoms with E-state index < -0.39 is 0 Å². The van der Waals surface area contributed by atoms with Gasteiger partial charge in [-0.15, -0.1) is 0 Å². The minimum atomic E-state index is 0.134. The lowest BCUT2D eigenvalue weighted by Gasteiger charge is -2.26. The van der Waals surface area contributed by atoms with Crippen molar-refractivity contribution in [2.45, 2.75) is 32.4 Å². The Kier molecular flexibility index (Phi) is 7.19. The number of nitrogens with zero attached hydrogens (tertiary/aromatic N) is 2. The third-order valence-corrected chi connectivity index (χ3v) is 4.97. The van der Waals surface area contributed by atoms with Crippen LogP contribution in [0.25, 0.3) is 0 Å². The van der Waals surface area contributed by atoms with Crippen molar-refractivity contribution in [3.05, 3.63) is 47.9 Å². The molecule has 1 fully saturated rings. The number of likely N-dealkylation sites (tertiary alicyclic amines) is 1. The Morgan fingerprint density at radius 3 is 2.75 bits per heavy atom. The van der Waals surface area contributed by atoms with Crippen LogP contribution >= 0.6 is 0 Å². The number of para-hydroxylation sites is 1. The summed E-state index contributed by atoms with van der Waals surface area (Å²) in [6.07, 6.45) is 4.17. The number of hydrogen-bond acceptors (Lipinski definition) is 5. The van der Waals surface area contributed by atoms with E-state index >= 15 is 0 Å². The highest BCUT2D eigenvalue weighted by molar-refractivity contribution is 5.79. The molecule has 1 saturated heterocycles. The predicted octanol–water partition coefficient (Wildman–Crippen LogP) is 2.89. The number of phenols is 1. The Labute approximate surface area is 166 Å². The van der Waals surface area contributed by atoms with Crippen LogP contribution in [0.3, 0.4) is 0 Å². The average molecular weight is 386 g/mol. The van der Waals surface area contributed by atoms with Crippen LogP contribution in [-0.2, 0) is 6.54 Å². The maximum Gasteiger partial charge on any atom is 0.191 e. The molecule has 3 rings (SSSR count). The van der Waals surface area contributed by atoms with E-state index in [0.717, 1.165) is 31.0 Å². The molecule has 0 amide bonds. The van der Waals surface area contributed by atoms with Crippen molar-refractivity contribution in [1.29, 1.82) is 0 Å². The Morgan fingerprint density at radius 1 is 1.25 bits per heavy atom. The number of hydrogen-bond donors (Lipinski definition) is 3. The molecule has 152 valence electrons. The number of aliphatic imine (C=N–C) groups is 1. The zero-order valence-corrected chi connectivity index (χ0v) is 16.6. The van der Waals surface area contributed by atoms with Gasteiger partial charge in [-0.25, -0.2) is 4.99 Å². The molecule has 0 spiro atoms. The lowest BCUT2D eigenvalue weighted by atomic mass is 10.2. The van der Waals surface area contributed by atoms with Gasteiger partial charge in [0.05, 0.1) is 26.0 Å². The van der Waals surface area contributed by atoms with Crippen LogP contribution in [0, 0.1) is 0 Å². The third-order valence-electron chi connectivity index (χ3n) is 4.97. The zero-order chi connectivity index (χ0) is 19.8. The molecule has 28 heavy (non-hydrogen) atoms. The average Bonchev–Trinajstić information content (AvgIpc) is 3.42. The van der Waals surface area contributed by atoms with Crippen LogP contribution in [-0.4, -0.2) is 49.3 Å². The number of phenolic OH excluding ortho intramolecular Hbond substituents is 1. The number of furan rings is 1. The molecule has 0 saturated carbocycles. The summed E-state index contributed by atoms with van der Waals surface area (Å²) in [4.78, 5) is 7.08. The standard InChI is InChI=1S/C21H30N4O3/c1-3-22-21(23-14-16-8-6-9-19(27-2)20(16)26)24-15-17(18-10-7-13-28-18)25-11-4-5-12-25/h6-10,13,17,26H,3-5,11-12,14-15H2,1-2H3,(H2,22,23,24). The van der Waals surface area contributed by atoms with Crippen molar-refractivity contribution in [3.8, 4) is 11.5 Å². The van der Waals surface area contributed by atoms with Crippen molar-refractivity contribution in [2.24, 2.45) is 4.99 Å². The molecule has 7 nitrogen and oxygen atoms in total. The van der Waals surface area contributed by atoms with E-state index in [9.17, 15) is 5.11 Å². The van der Waals surface area contributed by atoms with E-state index in [4.69, 9.17) is 9.15 Å². The van der Waals surface area contributed by atoms with Gasteiger partial charge in [-0.3, -0.25) is 4.90 Å². The molecule has 0 aliphatic carbocycles. The number of aromatic hydroxyl groups is 1. The molecule has 1 aliphatic rings. The minimum absolute atomic E-state index is 0.134. The first-order valence-corrected chi connectivity index (χ1v) is 9.87. The highest BCUT2D eigenvalue weighted by Crippen LogP contribution is 2.29. The highest BCUT2D eigenvalue weighted by atomic mass is 16.5. The van der Waals surface area contributed by atoms with Crippen molar-refractivity contribution in [1.82, 2.24) is 15.5 Å². The summed E-state index contributed by atoms with van der Waals surface area (Å²) in [5, 5.41) is 17.0. The van der Waals surface area contributed by atoms with Gasteiger partial charge in [-0.05, 0) is 51.1 Å². The van der Waals surface area contributed by atoms with E-state index in [0.29, 0.717) is 24.8 Å². The van der Waals surface area contributed by atoms with Crippen LogP contribution in [0.2, 0.25) is 0 Å². The first-order valence-electron chi connectivity index (χ1n) is 9.87. The normalized spacial score (nSPS) is 16.1. The second-order valence-electron chi connectivity index (χ2n) is 6.82. The molecule has 1 aromatic heterocycles. The Hall–Kier alpha value is -2.67. The number of benzene rings is 1. The molecule has 2 aromatic rings. The maximum atomic E-state index is 10.3. The number of ether oxygens (including phenoxy) is 1. The summed E-state index contributed by atoms with van der Waals surface area (Å²) in [6, 6.07) is 9.57. The number of rotatable bonds is 8. The first-order chi connectivity index (χ1) is 13.7. The molecule has 0 bridgehead atoms. The summed E-state index contributed by atoms with van der Waals surface area (Å²) >= 11 is 0. The molecule has 0 radical (unpaired) electrons. The fourth-order valence-corrected chi connectivity index (χ4v) is 3.50. The largest absolute Gasteiger partial charge is 0.504 e. The minimum Gasteiger partial charge on any atom is -0.504 e. The molecular formula is C21H30N4O3. The summed E-state index contributed by atoms with van der Waals surface area (Å²) in [5.74, 6) is 2.27. The number of nitrogens with one attached hydrogen (secondary N) is 2. The van der Waals surface area contributed by atoms with Gasteiger partial charge in [0.1, 0.15) is 5.76 Å². The van der Waals surface area contributed by atoms with Gasteiger partial charge in [0.15, 0.2) is 17.5 Å².